The van der Waals surface area contributed by atoms with E-state index in [1.807, 2.05) is 4.90 Å². The first-order valence-corrected chi connectivity index (χ1v) is 5.15. The van der Waals surface area contributed by atoms with Crippen LogP contribution in [0.1, 0.15) is 20.3 Å². The van der Waals surface area contributed by atoms with E-state index >= 15 is 0 Å². The Morgan fingerprint density at radius 1 is 1.71 bits per heavy atom. The molecule has 1 fully saturated rings. The molecule has 14 heavy (non-hydrogen) atoms. The molecule has 2 N–H and O–H groups in total. The zero-order chi connectivity index (χ0) is 10.7. The second-order valence-electron chi connectivity index (χ2n) is 3.98. The minimum Gasteiger partial charge on any atom is -0.372 e. The average molecular weight is 200 g/mol. The molecular formula is C10H20N2O2. The predicted octanol–water partition coefficient (Wildman–Crippen LogP) is 0.217. The molecule has 1 rings (SSSR count). The van der Waals surface area contributed by atoms with Gasteiger partial charge in [-0.15, -0.1) is 0 Å². The lowest BCUT2D eigenvalue weighted by Crippen LogP contribution is -2.46. The van der Waals surface area contributed by atoms with E-state index < -0.39 is 0 Å². The number of carbonyl (C=O) groups is 1. The summed E-state index contributed by atoms with van der Waals surface area (Å²) in [6.45, 7) is 5.28. The molecular weight excluding hydrogens is 180 g/mol. The van der Waals surface area contributed by atoms with E-state index in [9.17, 15) is 4.79 Å². The van der Waals surface area contributed by atoms with Crippen molar-refractivity contribution in [1.29, 1.82) is 0 Å². The summed E-state index contributed by atoms with van der Waals surface area (Å²) in [6, 6.07) is 0.195. The van der Waals surface area contributed by atoms with Crippen molar-refractivity contribution in [3.8, 4) is 0 Å². The van der Waals surface area contributed by atoms with Gasteiger partial charge in [-0.05, 0) is 19.3 Å². The molecule has 0 saturated carbocycles. The summed E-state index contributed by atoms with van der Waals surface area (Å²) in [5, 5.41) is 0. The fourth-order valence-electron chi connectivity index (χ4n) is 1.98. The van der Waals surface area contributed by atoms with Crippen LogP contribution in [-0.4, -0.2) is 43.2 Å². The number of likely N-dealkylation sites (tertiary alicyclic amines) is 1. The summed E-state index contributed by atoms with van der Waals surface area (Å²) in [5.41, 5.74) is 5.66. The van der Waals surface area contributed by atoms with Crippen LogP contribution in [0.5, 0.6) is 0 Å². The van der Waals surface area contributed by atoms with Crippen molar-refractivity contribution in [2.45, 2.75) is 32.4 Å². The number of hydrogen-bond donors (Lipinski definition) is 1. The van der Waals surface area contributed by atoms with Gasteiger partial charge in [-0.25, -0.2) is 0 Å². The minimum atomic E-state index is -0.352. The summed E-state index contributed by atoms with van der Waals surface area (Å²) in [5.74, 6) is 0.570. The van der Waals surface area contributed by atoms with Gasteiger partial charge in [-0.1, -0.05) is 6.92 Å². The summed E-state index contributed by atoms with van der Waals surface area (Å²) in [6.07, 6.45) is 0.693. The zero-order valence-corrected chi connectivity index (χ0v) is 9.19. The van der Waals surface area contributed by atoms with Crippen LogP contribution in [0.2, 0.25) is 0 Å². The van der Waals surface area contributed by atoms with Gasteiger partial charge in [0.1, 0.15) is 6.10 Å². The molecule has 1 aliphatic heterocycles. The van der Waals surface area contributed by atoms with Crippen molar-refractivity contribution < 1.29 is 9.53 Å². The van der Waals surface area contributed by atoms with E-state index in [2.05, 4.69) is 6.92 Å². The van der Waals surface area contributed by atoms with Crippen LogP contribution in [0.3, 0.4) is 0 Å². The Morgan fingerprint density at radius 3 is 2.86 bits per heavy atom. The van der Waals surface area contributed by atoms with Gasteiger partial charge in [0, 0.05) is 26.2 Å². The maximum Gasteiger partial charge on any atom is 0.251 e. The lowest BCUT2D eigenvalue weighted by molar-refractivity contribution is -0.141. The SMILES string of the molecule is COC(C)C(=O)N1CCC(C)C1CN. The van der Waals surface area contributed by atoms with Crippen molar-refractivity contribution in [3.63, 3.8) is 0 Å². The van der Waals surface area contributed by atoms with Crippen molar-refractivity contribution in [2.75, 3.05) is 20.2 Å². The van der Waals surface area contributed by atoms with Crippen LogP contribution in [0.15, 0.2) is 0 Å². The van der Waals surface area contributed by atoms with Crippen molar-refractivity contribution in [3.05, 3.63) is 0 Å². The molecule has 0 aromatic carbocycles. The Morgan fingerprint density at radius 2 is 2.36 bits per heavy atom. The lowest BCUT2D eigenvalue weighted by atomic mass is 10.0. The third kappa shape index (κ3) is 2.07. The topological polar surface area (TPSA) is 55.6 Å². The number of nitrogens with two attached hydrogens (primary N) is 1. The molecule has 1 heterocycles. The Balaban J connectivity index is 2.64. The summed E-state index contributed by atoms with van der Waals surface area (Å²) < 4.78 is 5.02. The summed E-state index contributed by atoms with van der Waals surface area (Å²) >= 11 is 0. The Kier molecular flexibility index (Phi) is 3.89. The molecule has 0 aromatic heterocycles. The smallest absolute Gasteiger partial charge is 0.251 e. The van der Waals surface area contributed by atoms with Gasteiger partial charge in [-0.3, -0.25) is 4.79 Å². The van der Waals surface area contributed by atoms with Crippen molar-refractivity contribution >= 4 is 5.91 Å². The van der Waals surface area contributed by atoms with E-state index in [0.717, 1.165) is 13.0 Å². The molecule has 0 bridgehead atoms. The van der Waals surface area contributed by atoms with E-state index in [-0.39, 0.29) is 18.1 Å². The maximum absolute atomic E-state index is 11.8. The highest BCUT2D eigenvalue weighted by atomic mass is 16.5. The molecule has 1 saturated heterocycles. The maximum atomic E-state index is 11.8. The largest absolute Gasteiger partial charge is 0.372 e. The monoisotopic (exact) mass is 200 g/mol. The van der Waals surface area contributed by atoms with Gasteiger partial charge in [-0.2, -0.15) is 0 Å². The van der Waals surface area contributed by atoms with Crippen molar-refractivity contribution in [1.82, 2.24) is 4.90 Å². The molecule has 0 radical (unpaired) electrons. The van der Waals surface area contributed by atoms with E-state index in [1.165, 1.54) is 0 Å². The van der Waals surface area contributed by atoms with Gasteiger partial charge in [0.05, 0.1) is 0 Å². The molecule has 1 aliphatic rings. The summed E-state index contributed by atoms with van der Waals surface area (Å²) in [4.78, 5) is 13.7. The van der Waals surface area contributed by atoms with Crippen LogP contribution in [0, 0.1) is 5.92 Å². The molecule has 0 aromatic rings. The standard InChI is InChI=1S/C10H20N2O2/c1-7-4-5-12(9(7)6-11)10(13)8(2)14-3/h7-9H,4-6,11H2,1-3H3. The number of rotatable bonds is 3. The average Bonchev–Trinajstić information content (AvgIpc) is 2.57. The van der Waals surface area contributed by atoms with Crippen LogP contribution >= 0.6 is 0 Å². The van der Waals surface area contributed by atoms with Gasteiger partial charge in [0.25, 0.3) is 5.91 Å². The van der Waals surface area contributed by atoms with Crippen molar-refractivity contribution in [2.24, 2.45) is 11.7 Å². The zero-order valence-electron chi connectivity index (χ0n) is 9.19. The third-order valence-electron chi connectivity index (χ3n) is 3.11. The summed E-state index contributed by atoms with van der Waals surface area (Å²) in [7, 11) is 1.56. The number of carbonyl (C=O) groups excluding carboxylic acids is 1. The van der Waals surface area contributed by atoms with Crippen LogP contribution in [0.4, 0.5) is 0 Å². The first-order chi connectivity index (χ1) is 6.61. The molecule has 4 nitrogen and oxygen atoms in total. The van der Waals surface area contributed by atoms with Gasteiger partial charge in [0.2, 0.25) is 0 Å². The van der Waals surface area contributed by atoms with Gasteiger partial charge < -0.3 is 15.4 Å². The lowest BCUT2D eigenvalue weighted by Gasteiger charge is -2.27. The van der Waals surface area contributed by atoms with E-state index in [4.69, 9.17) is 10.5 Å². The molecule has 4 heteroatoms. The minimum absolute atomic E-state index is 0.0623. The highest BCUT2D eigenvalue weighted by Gasteiger charge is 2.35. The Hall–Kier alpha value is -0.610. The molecule has 0 spiro atoms. The fraction of sp³-hybridized carbons (Fsp3) is 0.900. The van der Waals surface area contributed by atoms with E-state index in [1.54, 1.807) is 14.0 Å². The van der Waals surface area contributed by atoms with Crippen LogP contribution in [0.25, 0.3) is 0 Å². The number of hydrogen-bond acceptors (Lipinski definition) is 3. The number of methoxy groups -OCH3 is 1. The number of nitrogens with zero attached hydrogens (tertiary/aromatic N) is 1. The molecule has 0 aliphatic carbocycles. The first-order valence-electron chi connectivity index (χ1n) is 5.15. The molecule has 3 unspecified atom stereocenters. The first kappa shape index (κ1) is 11.5. The molecule has 3 atom stereocenters. The van der Waals surface area contributed by atoms with Gasteiger partial charge >= 0.3 is 0 Å². The number of amides is 1. The highest BCUT2D eigenvalue weighted by molar-refractivity contribution is 5.81. The van der Waals surface area contributed by atoms with Crippen LogP contribution in [-0.2, 0) is 9.53 Å². The normalized spacial score (nSPS) is 29.3. The quantitative estimate of drug-likeness (QED) is 0.709. The molecule has 1 amide bonds. The predicted molar refractivity (Wildman–Crippen MR) is 54.8 cm³/mol. The number of ether oxygens (including phenoxy) is 1. The highest BCUT2D eigenvalue weighted by Crippen LogP contribution is 2.23. The van der Waals surface area contributed by atoms with Crippen LogP contribution < -0.4 is 5.73 Å². The van der Waals surface area contributed by atoms with E-state index in [0.29, 0.717) is 12.5 Å². The Labute approximate surface area is 85.4 Å². The Bertz CT molecular complexity index is 208. The second kappa shape index (κ2) is 4.75. The van der Waals surface area contributed by atoms with Gasteiger partial charge in [0.15, 0.2) is 0 Å². The third-order valence-corrected chi connectivity index (χ3v) is 3.11. The second-order valence-corrected chi connectivity index (χ2v) is 3.98. The molecule has 82 valence electrons. The fourth-order valence-corrected chi connectivity index (χ4v) is 1.98.